The number of aromatic hydroxyl groups is 1. The van der Waals surface area contributed by atoms with E-state index in [9.17, 15) is 5.11 Å². The number of phenolic OH excluding ortho intramolecular Hbond substituents is 1. The van der Waals surface area contributed by atoms with Gasteiger partial charge in [-0.2, -0.15) is 0 Å². The molecule has 0 unspecified atom stereocenters. The average Bonchev–Trinajstić information content (AvgIpc) is 2.52. The lowest BCUT2D eigenvalue weighted by atomic mass is 9.49. The Morgan fingerprint density at radius 1 is 1.28 bits per heavy atom. The SMILES string of the molecule is C=C1C[C@@H](C)[C@H]2[C@H]3Cc4ccc(O)cc4[C@@]2(CCN3CC2CCC2)C1. The smallest absolute Gasteiger partial charge is 0.115 e. The molecule has 2 heteroatoms. The lowest BCUT2D eigenvalue weighted by Gasteiger charge is -2.62. The molecule has 1 aromatic carbocycles. The molecule has 5 rings (SSSR count). The molecule has 2 saturated carbocycles. The van der Waals surface area contributed by atoms with Crippen molar-refractivity contribution >= 4 is 0 Å². The van der Waals surface area contributed by atoms with Gasteiger partial charge in [-0.1, -0.05) is 31.6 Å². The summed E-state index contributed by atoms with van der Waals surface area (Å²) < 4.78 is 0. The van der Waals surface area contributed by atoms with Crippen LogP contribution in [0.5, 0.6) is 5.75 Å². The third-order valence-electron chi connectivity index (χ3n) is 7.93. The first-order valence-corrected chi connectivity index (χ1v) is 10.3. The van der Waals surface area contributed by atoms with Crippen LogP contribution in [0.4, 0.5) is 0 Å². The fourth-order valence-electron chi connectivity index (χ4n) is 6.83. The molecule has 0 amide bonds. The molecule has 0 aromatic heterocycles. The van der Waals surface area contributed by atoms with Crippen molar-refractivity contribution in [2.24, 2.45) is 17.8 Å². The van der Waals surface area contributed by atoms with E-state index in [1.54, 1.807) is 0 Å². The number of hydrogen-bond acceptors (Lipinski definition) is 2. The fourth-order valence-corrected chi connectivity index (χ4v) is 6.83. The summed E-state index contributed by atoms with van der Waals surface area (Å²) in [5, 5.41) is 10.2. The fraction of sp³-hybridized carbons (Fsp3) is 0.652. The van der Waals surface area contributed by atoms with Crippen molar-refractivity contribution in [2.75, 3.05) is 13.1 Å². The monoisotopic (exact) mass is 337 g/mol. The number of benzene rings is 1. The number of nitrogens with zero attached hydrogens (tertiary/aromatic N) is 1. The Balaban J connectivity index is 1.59. The van der Waals surface area contributed by atoms with Gasteiger partial charge in [0.2, 0.25) is 0 Å². The quantitative estimate of drug-likeness (QED) is 0.793. The van der Waals surface area contributed by atoms with Gasteiger partial charge in [-0.25, -0.2) is 0 Å². The van der Waals surface area contributed by atoms with Crippen LogP contribution < -0.4 is 0 Å². The van der Waals surface area contributed by atoms with Crippen molar-refractivity contribution in [3.05, 3.63) is 41.5 Å². The van der Waals surface area contributed by atoms with E-state index in [1.165, 1.54) is 68.3 Å². The third kappa shape index (κ3) is 2.33. The van der Waals surface area contributed by atoms with E-state index < -0.39 is 0 Å². The molecule has 3 aliphatic carbocycles. The van der Waals surface area contributed by atoms with E-state index in [-0.39, 0.29) is 5.41 Å². The molecule has 1 N–H and O–H groups in total. The van der Waals surface area contributed by atoms with Crippen LogP contribution in [0.25, 0.3) is 0 Å². The van der Waals surface area contributed by atoms with Crippen LogP contribution in [-0.4, -0.2) is 29.1 Å². The molecule has 4 aliphatic rings. The van der Waals surface area contributed by atoms with Gasteiger partial charge in [0.05, 0.1) is 0 Å². The summed E-state index contributed by atoms with van der Waals surface area (Å²) in [6, 6.07) is 6.87. The summed E-state index contributed by atoms with van der Waals surface area (Å²) in [6.07, 6.45) is 9.05. The Bertz CT molecular complexity index is 706. The lowest BCUT2D eigenvalue weighted by Crippen LogP contribution is -2.63. The number of phenols is 1. The highest BCUT2D eigenvalue weighted by atomic mass is 16.3. The maximum Gasteiger partial charge on any atom is 0.115 e. The zero-order valence-corrected chi connectivity index (χ0v) is 15.5. The van der Waals surface area contributed by atoms with Crippen LogP contribution in [0.2, 0.25) is 0 Å². The third-order valence-corrected chi connectivity index (χ3v) is 7.93. The van der Waals surface area contributed by atoms with E-state index >= 15 is 0 Å². The van der Waals surface area contributed by atoms with Gasteiger partial charge in [-0.05, 0) is 86.1 Å². The maximum absolute atomic E-state index is 10.2. The number of likely N-dealkylation sites (tertiary alicyclic amines) is 1. The van der Waals surface area contributed by atoms with Gasteiger partial charge in [0.1, 0.15) is 5.75 Å². The molecule has 134 valence electrons. The van der Waals surface area contributed by atoms with Crippen molar-refractivity contribution in [3.63, 3.8) is 0 Å². The number of piperidine rings is 1. The zero-order valence-electron chi connectivity index (χ0n) is 15.5. The average molecular weight is 338 g/mol. The summed E-state index contributed by atoms with van der Waals surface area (Å²) in [4.78, 5) is 2.85. The molecule has 25 heavy (non-hydrogen) atoms. The van der Waals surface area contributed by atoms with Crippen molar-refractivity contribution in [3.8, 4) is 5.75 Å². The zero-order chi connectivity index (χ0) is 17.2. The molecule has 1 aliphatic heterocycles. The van der Waals surface area contributed by atoms with E-state index in [1.807, 2.05) is 6.07 Å². The molecule has 1 saturated heterocycles. The molecule has 1 heterocycles. The van der Waals surface area contributed by atoms with Gasteiger partial charge in [0.25, 0.3) is 0 Å². The van der Waals surface area contributed by atoms with Gasteiger partial charge >= 0.3 is 0 Å². The van der Waals surface area contributed by atoms with Crippen LogP contribution in [0.15, 0.2) is 30.4 Å². The summed E-state index contributed by atoms with van der Waals surface area (Å²) in [5.74, 6) is 2.81. The van der Waals surface area contributed by atoms with E-state index in [2.05, 4.69) is 30.5 Å². The van der Waals surface area contributed by atoms with Crippen molar-refractivity contribution in [1.29, 1.82) is 0 Å². The Labute approximate surface area is 151 Å². The minimum Gasteiger partial charge on any atom is -0.508 e. The van der Waals surface area contributed by atoms with Gasteiger partial charge in [-0.15, -0.1) is 0 Å². The Morgan fingerprint density at radius 3 is 2.88 bits per heavy atom. The van der Waals surface area contributed by atoms with Gasteiger partial charge in [-0.3, -0.25) is 4.90 Å². The van der Waals surface area contributed by atoms with Gasteiger partial charge in [0.15, 0.2) is 0 Å². The number of rotatable bonds is 2. The number of allylic oxidation sites excluding steroid dienone is 1. The number of hydrogen-bond donors (Lipinski definition) is 1. The first-order valence-electron chi connectivity index (χ1n) is 10.3. The second-order valence-corrected chi connectivity index (χ2v) is 9.44. The molecule has 4 atom stereocenters. The largest absolute Gasteiger partial charge is 0.508 e. The molecular formula is C23H31NO. The second kappa shape index (κ2) is 5.61. The van der Waals surface area contributed by atoms with Gasteiger partial charge < -0.3 is 5.11 Å². The predicted octanol–water partition coefficient (Wildman–Crippen LogP) is 4.66. The summed E-state index contributed by atoms with van der Waals surface area (Å²) in [5.41, 5.74) is 4.58. The molecule has 1 aromatic rings. The normalized spacial score (nSPS) is 38.0. The topological polar surface area (TPSA) is 23.5 Å². The van der Waals surface area contributed by atoms with Crippen LogP contribution >= 0.6 is 0 Å². The minimum atomic E-state index is 0.224. The molecule has 2 nitrogen and oxygen atoms in total. The van der Waals surface area contributed by atoms with Crippen LogP contribution in [-0.2, 0) is 11.8 Å². The maximum atomic E-state index is 10.2. The van der Waals surface area contributed by atoms with Crippen molar-refractivity contribution in [1.82, 2.24) is 4.90 Å². The molecule has 0 radical (unpaired) electrons. The standard InChI is InChI=1S/C23H31NO/c1-15-10-16(2)22-21-11-18-6-7-19(25)12-20(18)23(22,13-15)8-9-24(21)14-17-4-3-5-17/h6-7,12,16-17,21-22,25H,1,3-5,8-11,13-14H2,2H3/t16-,21-,22+,23-/m1/s1. The van der Waals surface area contributed by atoms with Crippen LogP contribution in [0.1, 0.15) is 56.6 Å². The Hall–Kier alpha value is -1.28. The van der Waals surface area contributed by atoms with Crippen LogP contribution in [0.3, 0.4) is 0 Å². The Kier molecular flexibility index (Phi) is 3.57. The highest BCUT2D eigenvalue weighted by Crippen LogP contribution is 2.59. The summed E-state index contributed by atoms with van der Waals surface area (Å²) >= 11 is 0. The molecular weight excluding hydrogens is 306 g/mol. The molecule has 0 spiro atoms. The summed E-state index contributed by atoms with van der Waals surface area (Å²) in [6.45, 7) is 9.41. The first kappa shape index (κ1) is 15.9. The van der Waals surface area contributed by atoms with Crippen LogP contribution in [0, 0.1) is 17.8 Å². The molecule has 3 fully saturated rings. The van der Waals surface area contributed by atoms with Crippen molar-refractivity contribution in [2.45, 2.75) is 63.3 Å². The minimum absolute atomic E-state index is 0.224. The van der Waals surface area contributed by atoms with E-state index in [0.29, 0.717) is 17.7 Å². The lowest BCUT2D eigenvalue weighted by molar-refractivity contribution is -0.0376. The van der Waals surface area contributed by atoms with E-state index in [0.717, 1.165) is 18.3 Å². The Morgan fingerprint density at radius 2 is 2.12 bits per heavy atom. The second-order valence-electron chi connectivity index (χ2n) is 9.44. The predicted molar refractivity (Wildman–Crippen MR) is 102 cm³/mol. The van der Waals surface area contributed by atoms with Crippen molar-refractivity contribution < 1.29 is 5.11 Å². The molecule has 2 bridgehead atoms. The highest BCUT2D eigenvalue weighted by Gasteiger charge is 2.56. The first-order chi connectivity index (χ1) is 12.1. The highest BCUT2D eigenvalue weighted by molar-refractivity contribution is 5.46. The summed E-state index contributed by atoms with van der Waals surface area (Å²) in [7, 11) is 0. The van der Waals surface area contributed by atoms with Gasteiger partial charge in [0, 0.05) is 18.0 Å². The number of fused-ring (bicyclic) bond motifs is 1. The van der Waals surface area contributed by atoms with E-state index in [4.69, 9.17) is 0 Å².